The molecule has 0 fully saturated rings. The molecule has 0 radical (unpaired) electrons. The van der Waals surface area contributed by atoms with Gasteiger partial charge in [0.25, 0.3) is 0 Å². The smallest absolute Gasteiger partial charge is 0.170 e. The first kappa shape index (κ1) is 9.93. The van der Waals surface area contributed by atoms with Gasteiger partial charge in [0.2, 0.25) is 0 Å². The van der Waals surface area contributed by atoms with E-state index in [1.807, 2.05) is 18.2 Å². The maximum absolute atomic E-state index is 10.8. The van der Waals surface area contributed by atoms with Crippen LogP contribution in [-0.2, 0) is 7.05 Å². The van der Waals surface area contributed by atoms with Gasteiger partial charge in [-0.2, -0.15) is 5.10 Å². The van der Waals surface area contributed by atoms with Crippen molar-refractivity contribution in [1.29, 1.82) is 0 Å². The highest BCUT2D eigenvalue weighted by atomic mass is 35.5. The minimum absolute atomic E-state index is 0.430. The van der Waals surface area contributed by atoms with Crippen LogP contribution in [0.5, 0.6) is 0 Å². The van der Waals surface area contributed by atoms with Crippen LogP contribution in [0.4, 0.5) is 0 Å². The number of halogens is 1. The van der Waals surface area contributed by atoms with Crippen LogP contribution < -0.4 is 0 Å². The Labute approximate surface area is 92.3 Å². The van der Waals surface area contributed by atoms with Gasteiger partial charge in [-0.3, -0.25) is 9.48 Å². The van der Waals surface area contributed by atoms with Crippen LogP contribution in [0.15, 0.2) is 30.5 Å². The molecule has 2 rings (SSSR count). The van der Waals surface area contributed by atoms with Crippen molar-refractivity contribution in [2.24, 2.45) is 7.05 Å². The van der Waals surface area contributed by atoms with Gasteiger partial charge < -0.3 is 0 Å². The van der Waals surface area contributed by atoms with E-state index in [4.69, 9.17) is 11.6 Å². The monoisotopic (exact) mass is 220 g/mol. The maximum atomic E-state index is 10.8. The molecule has 3 nitrogen and oxygen atoms in total. The number of aryl methyl sites for hydroxylation is 1. The van der Waals surface area contributed by atoms with Crippen LogP contribution in [0, 0.1) is 0 Å². The Morgan fingerprint density at radius 1 is 1.47 bits per heavy atom. The van der Waals surface area contributed by atoms with Gasteiger partial charge >= 0.3 is 0 Å². The zero-order chi connectivity index (χ0) is 10.8. The van der Waals surface area contributed by atoms with Gasteiger partial charge in [-0.05, 0) is 17.7 Å². The molecule has 4 heteroatoms. The first-order valence-electron chi connectivity index (χ1n) is 4.45. The van der Waals surface area contributed by atoms with Crippen LogP contribution in [0.1, 0.15) is 10.5 Å². The molecule has 0 saturated heterocycles. The summed E-state index contributed by atoms with van der Waals surface area (Å²) in [5.41, 5.74) is 2.13. The molecule has 2 aromatic rings. The van der Waals surface area contributed by atoms with E-state index in [1.54, 1.807) is 24.0 Å². The number of carbonyl (C=O) groups excluding carboxylic acids is 1. The number of hydrogen-bond donors (Lipinski definition) is 0. The topological polar surface area (TPSA) is 34.9 Å². The van der Waals surface area contributed by atoms with Gasteiger partial charge in [0, 0.05) is 23.8 Å². The molecule has 0 saturated carbocycles. The summed E-state index contributed by atoms with van der Waals surface area (Å²) in [6.07, 6.45) is 2.55. The second-order valence-electron chi connectivity index (χ2n) is 3.23. The van der Waals surface area contributed by atoms with Gasteiger partial charge in [-0.1, -0.05) is 23.7 Å². The third kappa shape index (κ3) is 1.92. The van der Waals surface area contributed by atoms with E-state index in [2.05, 4.69) is 5.10 Å². The predicted molar refractivity (Wildman–Crippen MR) is 59.0 cm³/mol. The number of nitrogens with zero attached hydrogens (tertiary/aromatic N) is 2. The number of aromatic nitrogens is 2. The molecule has 76 valence electrons. The number of hydrogen-bond acceptors (Lipinski definition) is 2. The Bertz CT molecular complexity index is 505. The van der Waals surface area contributed by atoms with Crippen molar-refractivity contribution in [3.8, 4) is 11.1 Å². The fraction of sp³-hybridized carbons (Fsp3) is 0.0909. The lowest BCUT2D eigenvalue weighted by Gasteiger charge is -1.98. The highest BCUT2D eigenvalue weighted by Gasteiger charge is 2.08. The SMILES string of the molecule is Cn1cc(-c2cccc(Cl)c2)c(C=O)n1. The molecular formula is C11H9ClN2O. The van der Waals surface area contributed by atoms with Crippen molar-refractivity contribution < 1.29 is 4.79 Å². The first-order chi connectivity index (χ1) is 7.20. The van der Waals surface area contributed by atoms with E-state index in [0.717, 1.165) is 17.4 Å². The summed E-state index contributed by atoms with van der Waals surface area (Å²) < 4.78 is 1.61. The standard InChI is InChI=1S/C11H9ClN2O/c1-14-6-10(11(7-15)13-14)8-3-2-4-9(12)5-8/h2-7H,1H3. The van der Waals surface area contributed by atoms with Crippen LogP contribution in [0.2, 0.25) is 5.02 Å². The molecule has 0 bridgehead atoms. The first-order valence-corrected chi connectivity index (χ1v) is 4.83. The summed E-state index contributed by atoms with van der Waals surface area (Å²) in [6, 6.07) is 7.35. The Morgan fingerprint density at radius 2 is 2.27 bits per heavy atom. The molecule has 0 aliphatic carbocycles. The van der Waals surface area contributed by atoms with E-state index in [-0.39, 0.29) is 0 Å². The fourth-order valence-corrected chi connectivity index (χ4v) is 1.66. The van der Waals surface area contributed by atoms with Crippen LogP contribution in [0.3, 0.4) is 0 Å². The molecule has 1 heterocycles. The van der Waals surface area contributed by atoms with Crippen molar-refractivity contribution >= 4 is 17.9 Å². The van der Waals surface area contributed by atoms with Crippen molar-refractivity contribution in [1.82, 2.24) is 9.78 Å². The van der Waals surface area contributed by atoms with Crippen LogP contribution in [0.25, 0.3) is 11.1 Å². The molecule has 15 heavy (non-hydrogen) atoms. The lowest BCUT2D eigenvalue weighted by Crippen LogP contribution is -1.89. The summed E-state index contributed by atoms with van der Waals surface area (Å²) >= 11 is 5.88. The minimum Gasteiger partial charge on any atom is -0.296 e. The molecule has 0 aliphatic heterocycles. The Kier molecular flexibility index (Phi) is 2.56. The van der Waals surface area contributed by atoms with Gasteiger partial charge in [-0.15, -0.1) is 0 Å². The average Bonchev–Trinajstić information content (AvgIpc) is 2.59. The number of aldehydes is 1. The lowest BCUT2D eigenvalue weighted by atomic mass is 10.1. The van der Waals surface area contributed by atoms with Gasteiger partial charge in [-0.25, -0.2) is 0 Å². The third-order valence-electron chi connectivity index (χ3n) is 2.10. The van der Waals surface area contributed by atoms with E-state index in [9.17, 15) is 4.79 Å². The lowest BCUT2D eigenvalue weighted by molar-refractivity contribution is 0.111. The number of rotatable bonds is 2. The zero-order valence-electron chi connectivity index (χ0n) is 8.14. The van der Waals surface area contributed by atoms with Gasteiger partial charge in [0.05, 0.1) is 0 Å². The largest absolute Gasteiger partial charge is 0.296 e. The van der Waals surface area contributed by atoms with Gasteiger partial charge in [0.1, 0.15) is 5.69 Å². The average molecular weight is 221 g/mol. The minimum atomic E-state index is 0.430. The molecular weight excluding hydrogens is 212 g/mol. The van der Waals surface area contributed by atoms with Crippen molar-refractivity contribution in [3.05, 3.63) is 41.2 Å². The Morgan fingerprint density at radius 3 is 2.93 bits per heavy atom. The number of benzene rings is 1. The maximum Gasteiger partial charge on any atom is 0.170 e. The molecule has 1 aromatic carbocycles. The van der Waals surface area contributed by atoms with Crippen molar-refractivity contribution in [2.75, 3.05) is 0 Å². The Hall–Kier alpha value is -1.61. The highest BCUT2D eigenvalue weighted by molar-refractivity contribution is 6.30. The highest BCUT2D eigenvalue weighted by Crippen LogP contribution is 2.24. The normalized spacial score (nSPS) is 10.3. The van der Waals surface area contributed by atoms with E-state index in [1.165, 1.54) is 0 Å². The van der Waals surface area contributed by atoms with E-state index in [0.29, 0.717) is 10.7 Å². The summed E-state index contributed by atoms with van der Waals surface area (Å²) in [5.74, 6) is 0. The van der Waals surface area contributed by atoms with Gasteiger partial charge in [0.15, 0.2) is 6.29 Å². The summed E-state index contributed by atoms with van der Waals surface area (Å²) in [4.78, 5) is 10.8. The molecule has 0 atom stereocenters. The van der Waals surface area contributed by atoms with E-state index >= 15 is 0 Å². The summed E-state index contributed by atoms with van der Waals surface area (Å²) in [5, 5.41) is 4.69. The summed E-state index contributed by atoms with van der Waals surface area (Å²) in [7, 11) is 1.78. The number of carbonyl (C=O) groups is 1. The molecule has 0 amide bonds. The molecule has 0 aliphatic rings. The molecule has 0 N–H and O–H groups in total. The zero-order valence-corrected chi connectivity index (χ0v) is 8.90. The molecule has 1 aromatic heterocycles. The predicted octanol–water partition coefficient (Wildman–Crippen LogP) is 2.55. The van der Waals surface area contributed by atoms with Crippen molar-refractivity contribution in [3.63, 3.8) is 0 Å². The fourth-order valence-electron chi connectivity index (χ4n) is 1.47. The van der Waals surface area contributed by atoms with Crippen molar-refractivity contribution in [2.45, 2.75) is 0 Å². The molecule has 0 unspecified atom stereocenters. The molecule has 0 spiro atoms. The van der Waals surface area contributed by atoms with Crippen LogP contribution >= 0.6 is 11.6 Å². The quantitative estimate of drug-likeness (QED) is 0.729. The van der Waals surface area contributed by atoms with Crippen LogP contribution in [-0.4, -0.2) is 16.1 Å². The second-order valence-corrected chi connectivity index (χ2v) is 3.67. The summed E-state index contributed by atoms with van der Waals surface area (Å²) in [6.45, 7) is 0. The van der Waals surface area contributed by atoms with E-state index < -0.39 is 0 Å². The Balaban J connectivity index is 2.57. The third-order valence-corrected chi connectivity index (χ3v) is 2.34. The second kappa shape index (κ2) is 3.87.